The molecule has 1 aromatic carbocycles. The first-order chi connectivity index (χ1) is 8.73. The molecular weight excluding hydrogens is 262 g/mol. The smallest absolute Gasteiger partial charge is 0.157 e. The minimum Gasteiger partial charge on any atom is -0.497 e. The molecule has 19 heavy (non-hydrogen) atoms. The van der Waals surface area contributed by atoms with Gasteiger partial charge < -0.3 is 10.1 Å². The summed E-state index contributed by atoms with van der Waals surface area (Å²) in [6, 6.07) is 7.86. The molecule has 1 atom stereocenters. The molecule has 1 aliphatic rings. The van der Waals surface area contributed by atoms with E-state index in [0.717, 1.165) is 37.1 Å². The van der Waals surface area contributed by atoms with Crippen molar-refractivity contribution in [1.29, 1.82) is 0 Å². The molecule has 0 aromatic heterocycles. The maximum atomic E-state index is 12.4. The van der Waals surface area contributed by atoms with E-state index in [4.69, 9.17) is 4.74 Å². The van der Waals surface area contributed by atoms with Crippen molar-refractivity contribution in [3.8, 4) is 5.75 Å². The number of nitrogens with one attached hydrogen (secondary N) is 1. The van der Waals surface area contributed by atoms with Gasteiger partial charge in [0, 0.05) is 6.42 Å². The average molecular weight is 284 g/mol. The van der Waals surface area contributed by atoms with Crippen LogP contribution in [0.1, 0.15) is 38.2 Å². The summed E-state index contributed by atoms with van der Waals surface area (Å²) in [4.78, 5) is 12.4. The van der Waals surface area contributed by atoms with Crippen LogP contribution < -0.4 is 10.1 Å². The van der Waals surface area contributed by atoms with Crippen LogP contribution in [-0.4, -0.2) is 19.4 Å². The van der Waals surface area contributed by atoms with E-state index in [9.17, 15) is 4.79 Å². The number of likely N-dealkylation sites (N-methyl/N-ethyl adjacent to an activating group) is 1. The van der Waals surface area contributed by atoms with Crippen LogP contribution in [0, 0.1) is 0 Å². The summed E-state index contributed by atoms with van der Waals surface area (Å²) in [5, 5.41) is 3.41. The molecule has 106 valence electrons. The number of Topliss-reactive ketones (excluding diaryl/α,β-unsaturated/α-hetero) is 1. The van der Waals surface area contributed by atoms with Crippen LogP contribution in [0.15, 0.2) is 24.3 Å². The Labute approximate surface area is 121 Å². The molecule has 1 fully saturated rings. The first-order valence-corrected chi connectivity index (χ1v) is 6.66. The van der Waals surface area contributed by atoms with Gasteiger partial charge in [0.05, 0.1) is 7.11 Å². The van der Waals surface area contributed by atoms with Crippen LogP contribution in [0.3, 0.4) is 0 Å². The van der Waals surface area contributed by atoms with Gasteiger partial charge in [-0.25, -0.2) is 0 Å². The second kappa shape index (κ2) is 6.92. The zero-order valence-corrected chi connectivity index (χ0v) is 12.4. The normalized spacial score (nSPS) is 22.7. The maximum Gasteiger partial charge on any atom is 0.157 e. The van der Waals surface area contributed by atoms with Gasteiger partial charge in [-0.1, -0.05) is 25.5 Å². The minimum absolute atomic E-state index is 0. The Bertz CT molecular complexity index is 415. The van der Waals surface area contributed by atoms with Gasteiger partial charge in [0.25, 0.3) is 0 Å². The number of carbonyl (C=O) groups is 1. The van der Waals surface area contributed by atoms with Crippen LogP contribution in [-0.2, 0) is 10.3 Å². The summed E-state index contributed by atoms with van der Waals surface area (Å²) < 4.78 is 5.17. The van der Waals surface area contributed by atoms with Crippen molar-refractivity contribution in [2.45, 2.75) is 38.1 Å². The highest BCUT2D eigenvalue weighted by Crippen LogP contribution is 2.35. The SMILES string of the molecule is CCNC1(c2ccc(OC)cc2)CCCCC1=O.Cl. The van der Waals surface area contributed by atoms with E-state index in [1.165, 1.54) is 0 Å². The van der Waals surface area contributed by atoms with Crippen molar-refractivity contribution >= 4 is 18.2 Å². The van der Waals surface area contributed by atoms with E-state index in [-0.39, 0.29) is 12.4 Å². The first kappa shape index (κ1) is 16.0. The Balaban J connectivity index is 0.00000180. The summed E-state index contributed by atoms with van der Waals surface area (Å²) in [6.45, 7) is 2.85. The van der Waals surface area contributed by atoms with Gasteiger partial charge in [0.1, 0.15) is 11.3 Å². The third kappa shape index (κ3) is 3.10. The Morgan fingerprint density at radius 1 is 1.26 bits per heavy atom. The molecule has 0 saturated heterocycles. The summed E-state index contributed by atoms with van der Waals surface area (Å²) in [5.41, 5.74) is 0.592. The number of ether oxygens (including phenoxy) is 1. The molecule has 0 aliphatic heterocycles. The highest BCUT2D eigenvalue weighted by molar-refractivity contribution is 5.90. The first-order valence-electron chi connectivity index (χ1n) is 6.66. The number of halogens is 1. The maximum absolute atomic E-state index is 12.4. The third-order valence-corrected chi connectivity index (χ3v) is 3.74. The Morgan fingerprint density at radius 2 is 1.95 bits per heavy atom. The lowest BCUT2D eigenvalue weighted by atomic mass is 9.75. The van der Waals surface area contributed by atoms with Crippen molar-refractivity contribution in [2.75, 3.05) is 13.7 Å². The van der Waals surface area contributed by atoms with Gasteiger partial charge in [-0.05, 0) is 37.1 Å². The van der Waals surface area contributed by atoms with Gasteiger partial charge >= 0.3 is 0 Å². The van der Waals surface area contributed by atoms with Gasteiger partial charge in [-0.15, -0.1) is 12.4 Å². The fraction of sp³-hybridized carbons (Fsp3) is 0.533. The number of methoxy groups -OCH3 is 1. The van der Waals surface area contributed by atoms with Crippen molar-refractivity contribution < 1.29 is 9.53 Å². The third-order valence-electron chi connectivity index (χ3n) is 3.74. The fourth-order valence-corrected chi connectivity index (χ4v) is 2.80. The lowest BCUT2D eigenvalue weighted by molar-refractivity contribution is -0.128. The van der Waals surface area contributed by atoms with Crippen LogP contribution >= 0.6 is 12.4 Å². The highest BCUT2D eigenvalue weighted by atomic mass is 35.5. The molecule has 1 N–H and O–H groups in total. The van der Waals surface area contributed by atoms with Crippen LogP contribution in [0.25, 0.3) is 0 Å². The van der Waals surface area contributed by atoms with Gasteiger partial charge in [-0.3, -0.25) is 4.79 Å². The van der Waals surface area contributed by atoms with Crippen LogP contribution in [0.2, 0.25) is 0 Å². The van der Waals surface area contributed by atoms with E-state index >= 15 is 0 Å². The van der Waals surface area contributed by atoms with Gasteiger partial charge in [0.15, 0.2) is 5.78 Å². The highest BCUT2D eigenvalue weighted by Gasteiger charge is 2.40. The zero-order chi connectivity index (χ0) is 13.0. The molecule has 0 amide bonds. The molecule has 2 rings (SSSR count). The van der Waals surface area contributed by atoms with Crippen LogP contribution in [0.5, 0.6) is 5.75 Å². The second-order valence-corrected chi connectivity index (χ2v) is 4.79. The molecule has 0 bridgehead atoms. The molecule has 0 heterocycles. The largest absolute Gasteiger partial charge is 0.497 e. The minimum atomic E-state index is -0.473. The Kier molecular flexibility index (Phi) is 5.83. The molecule has 1 aromatic rings. The van der Waals surface area contributed by atoms with E-state index in [2.05, 4.69) is 5.32 Å². The van der Waals surface area contributed by atoms with Gasteiger partial charge in [0.2, 0.25) is 0 Å². The second-order valence-electron chi connectivity index (χ2n) is 4.79. The predicted octanol–water partition coefficient (Wildman–Crippen LogP) is 3.06. The zero-order valence-electron chi connectivity index (χ0n) is 11.6. The lowest BCUT2D eigenvalue weighted by Gasteiger charge is -2.37. The van der Waals surface area contributed by atoms with E-state index in [0.29, 0.717) is 12.2 Å². The number of hydrogen-bond acceptors (Lipinski definition) is 3. The van der Waals surface area contributed by atoms with Crippen LogP contribution in [0.4, 0.5) is 0 Å². The quantitative estimate of drug-likeness (QED) is 0.923. The fourth-order valence-electron chi connectivity index (χ4n) is 2.80. The monoisotopic (exact) mass is 283 g/mol. The number of carbonyl (C=O) groups excluding carboxylic acids is 1. The summed E-state index contributed by atoms with van der Waals surface area (Å²) in [5.74, 6) is 1.15. The molecule has 0 spiro atoms. The number of benzene rings is 1. The Morgan fingerprint density at radius 3 is 2.47 bits per heavy atom. The lowest BCUT2D eigenvalue weighted by Crippen LogP contribution is -2.50. The van der Waals surface area contributed by atoms with Crippen molar-refractivity contribution in [1.82, 2.24) is 5.32 Å². The number of ketones is 1. The molecule has 0 radical (unpaired) electrons. The molecule has 1 aliphatic carbocycles. The standard InChI is InChI=1S/C15H21NO2.ClH/c1-3-16-15(11-5-4-6-14(15)17)12-7-9-13(18-2)10-8-12;/h7-10,16H,3-6,11H2,1-2H3;1H. The van der Waals surface area contributed by atoms with E-state index in [1.807, 2.05) is 31.2 Å². The van der Waals surface area contributed by atoms with E-state index < -0.39 is 5.54 Å². The van der Waals surface area contributed by atoms with E-state index in [1.54, 1.807) is 7.11 Å². The van der Waals surface area contributed by atoms with Gasteiger partial charge in [-0.2, -0.15) is 0 Å². The Hall–Kier alpha value is -1.06. The molecule has 3 nitrogen and oxygen atoms in total. The molecular formula is C15H22ClNO2. The predicted molar refractivity (Wildman–Crippen MR) is 79.1 cm³/mol. The number of hydrogen-bond donors (Lipinski definition) is 1. The van der Waals surface area contributed by atoms with Crippen molar-refractivity contribution in [3.63, 3.8) is 0 Å². The number of rotatable bonds is 4. The van der Waals surface area contributed by atoms with Crippen molar-refractivity contribution in [3.05, 3.63) is 29.8 Å². The molecule has 4 heteroatoms. The summed E-state index contributed by atoms with van der Waals surface area (Å²) >= 11 is 0. The molecule has 1 saturated carbocycles. The average Bonchev–Trinajstić information content (AvgIpc) is 2.42. The summed E-state index contributed by atoms with van der Waals surface area (Å²) in [7, 11) is 1.65. The topological polar surface area (TPSA) is 38.3 Å². The summed E-state index contributed by atoms with van der Waals surface area (Å²) in [6.07, 6.45) is 3.69. The molecule has 1 unspecified atom stereocenters. The van der Waals surface area contributed by atoms with Crippen molar-refractivity contribution in [2.24, 2.45) is 0 Å².